The molecular formula is C16H21NO4. The standard InChI is InChI=1S/C16H21NO4/c1-20-15(18)13-10-17(11-14(13)16(19)21-2)9-8-12-6-4-3-5-7-12/h3-7,13-14H,8-11H2,1-2H3. The molecule has 1 aromatic carbocycles. The zero-order valence-corrected chi connectivity index (χ0v) is 12.5. The van der Waals surface area contributed by atoms with E-state index in [9.17, 15) is 9.59 Å². The van der Waals surface area contributed by atoms with Gasteiger partial charge in [-0.3, -0.25) is 9.59 Å². The predicted molar refractivity (Wildman–Crippen MR) is 77.6 cm³/mol. The first kappa shape index (κ1) is 15.5. The summed E-state index contributed by atoms with van der Waals surface area (Å²) in [5.41, 5.74) is 1.24. The molecule has 2 rings (SSSR count). The number of ether oxygens (including phenoxy) is 2. The zero-order chi connectivity index (χ0) is 15.2. The van der Waals surface area contributed by atoms with Gasteiger partial charge in [0.25, 0.3) is 0 Å². The van der Waals surface area contributed by atoms with Gasteiger partial charge in [-0.05, 0) is 12.0 Å². The van der Waals surface area contributed by atoms with E-state index in [1.54, 1.807) is 0 Å². The molecule has 2 unspecified atom stereocenters. The highest BCUT2D eigenvalue weighted by molar-refractivity contribution is 5.83. The molecule has 1 aliphatic heterocycles. The SMILES string of the molecule is COC(=O)C1CN(CCc2ccccc2)CC1C(=O)OC. The lowest BCUT2D eigenvalue weighted by atomic mass is 9.96. The Labute approximate surface area is 124 Å². The molecule has 2 atom stereocenters. The van der Waals surface area contributed by atoms with Gasteiger partial charge in [-0.15, -0.1) is 0 Å². The van der Waals surface area contributed by atoms with Crippen LogP contribution >= 0.6 is 0 Å². The summed E-state index contributed by atoms with van der Waals surface area (Å²) in [7, 11) is 2.70. The summed E-state index contributed by atoms with van der Waals surface area (Å²) >= 11 is 0. The Morgan fingerprint density at radius 1 is 1.05 bits per heavy atom. The topological polar surface area (TPSA) is 55.8 Å². The molecule has 0 aliphatic carbocycles. The van der Waals surface area contributed by atoms with E-state index in [1.165, 1.54) is 19.8 Å². The van der Waals surface area contributed by atoms with Gasteiger partial charge in [-0.2, -0.15) is 0 Å². The first-order valence-electron chi connectivity index (χ1n) is 7.07. The maximum atomic E-state index is 11.8. The van der Waals surface area contributed by atoms with Crippen LogP contribution in [0.3, 0.4) is 0 Å². The van der Waals surface area contributed by atoms with Crippen LogP contribution in [0.15, 0.2) is 30.3 Å². The van der Waals surface area contributed by atoms with Crippen LogP contribution in [0.1, 0.15) is 5.56 Å². The van der Waals surface area contributed by atoms with Crippen molar-refractivity contribution in [1.82, 2.24) is 4.90 Å². The van der Waals surface area contributed by atoms with Crippen molar-refractivity contribution in [3.63, 3.8) is 0 Å². The van der Waals surface area contributed by atoms with Crippen molar-refractivity contribution in [2.24, 2.45) is 11.8 Å². The number of nitrogens with zero attached hydrogens (tertiary/aromatic N) is 1. The summed E-state index contributed by atoms with van der Waals surface area (Å²) in [5, 5.41) is 0. The molecule has 5 nitrogen and oxygen atoms in total. The summed E-state index contributed by atoms with van der Waals surface area (Å²) in [5.74, 6) is -1.54. The molecule has 114 valence electrons. The Hall–Kier alpha value is -1.88. The average molecular weight is 291 g/mol. The number of rotatable bonds is 5. The summed E-state index contributed by atoms with van der Waals surface area (Å²) in [6.45, 7) is 1.89. The van der Waals surface area contributed by atoms with E-state index in [0.29, 0.717) is 13.1 Å². The molecule has 21 heavy (non-hydrogen) atoms. The van der Waals surface area contributed by atoms with Crippen LogP contribution < -0.4 is 0 Å². The smallest absolute Gasteiger partial charge is 0.310 e. The van der Waals surface area contributed by atoms with Gasteiger partial charge in [0.05, 0.1) is 26.1 Å². The second kappa shape index (κ2) is 7.22. The van der Waals surface area contributed by atoms with E-state index < -0.39 is 11.8 Å². The minimum absolute atomic E-state index is 0.340. The third-order valence-electron chi connectivity index (χ3n) is 3.96. The van der Waals surface area contributed by atoms with Gasteiger partial charge in [0, 0.05) is 19.6 Å². The van der Waals surface area contributed by atoms with Crippen molar-refractivity contribution in [1.29, 1.82) is 0 Å². The quantitative estimate of drug-likeness (QED) is 0.761. The molecule has 1 heterocycles. The molecule has 0 aromatic heterocycles. The summed E-state index contributed by atoms with van der Waals surface area (Å²) in [6.07, 6.45) is 0.891. The first-order chi connectivity index (χ1) is 10.2. The largest absolute Gasteiger partial charge is 0.469 e. The fraction of sp³-hybridized carbons (Fsp3) is 0.500. The lowest BCUT2D eigenvalue weighted by molar-refractivity contribution is -0.155. The van der Waals surface area contributed by atoms with Gasteiger partial charge in [-0.25, -0.2) is 0 Å². The maximum absolute atomic E-state index is 11.8. The number of hydrogen-bond acceptors (Lipinski definition) is 5. The van der Waals surface area contributed by atoms with Crippen LogP contribution in [-0.2, 0) is 25.5 Å². The van der Waals surface area contributed by atoms with E-state index >= 15 is 0 Å². The number of hydrogen-bond donors (Lipinski definition) is 0. The maximum Gasteiger partial charge on any atom is 0.310 e. The molecule has 0 spiro atoms. The number of methoxy groups -OCH3 is 2. The Morgan fingerprint density at radius 2 is 1.57 bits per heavy atom. The van der Waals surface area contributed by atoms with Gasteiger partial charge in [0.1, 0.15) is 0 Å². The van der Waals surface area contributed by atoms with Gasteiger partial charge in [0.2, 0.25) is 0 Å². The number of likely N-dealkylation sites (tertiary alicyclic amines) is 1. The summed E-state index contributed by atoms with van der Waals surface area (Å²) in [6, 6.07) is 10.2. The molecule has 0 N–H and O–H groups in total. The first-order valence-corrected chi connectivity index (χ1v) is 7.07. The highest BCUT2D eigenvalue weighted by atomic mass is 16.5. The lowest BCUT2D eigenvalue weighted by Crippen LogP contribution is -2.30. The molecule has 0 radical (unpaired) electrons. The van der Waals surface area contributed by atoms with Crippen molar-refractivity contribution < 1.29 is 19.1 Å². The molecule has 1 aliphatic rings. The molecule has 0 saturated carbocycles. The molecule has 5 heteroatoms. The highest BCUT2D eigenvalue weighted by Crippen LogP contribution is 2.26. The van der Waals surface area contributed by atoms with Gasteiger partial charge < -0.3 is 14.4 Å². The molecule has 1 fully saturated rings. The van der Waals surface area contributed by atoms with Crippen molar-refractivity contribution in [2.45, 2.75) is 6.42 Å². The lowest BCUT2D eigenvalue weighted by Gasteiger charge is -2.15. The van der Waals surface area contributed by atoms with Crippen LogP contribution in [-0.4, -0.2) is 50.7 Å². The Balaban J connectivity index is 1.96. The van der Waals surface area contributed by atoms with Gasteiger partial charge >= 0.3 is 11.9 Å². The molecule has 0 bridgehead atoms. The van der Waals surface area contributed by atoms with Crippen molar-refractivity contribution in [3.8, 4) is 0 Å². The van der Waals surface area contributed by atoms with Crippen LogP contribution in [0, 0.1) is 11.8 Å². The van der Waals surface area contributed by atoms with E-state index in [0.717, 1.165) is 13.0 Å². The minimum Gasteiger partial charge on any atom is -0.469 e. The second-order valence-electron chi connectivity index (χ2n) is 5.25. The van der Waals surface area contributed by atoms with Gasteiger partial charge in [-0.1, -0.05) is 30.3 Å². The number of benzene rings is 1. The minimum atomic E-state index is -0.432. The van der Waals surface area contributed by atoms with Crippen LogP contribution in [0.25, 0.3) is 0 Å². The fourth-order valence-electron chi connectivity index (χ4n) is 2.78. The average Bonchev–Trinajstić information content (AvgIpc) is 2.96. The van der Waals surface area contributed by atoms with E-state index in [2.05, 4.69) is 17.0 Å². The summed E-state index contributed by atoms with van der Waals surface area (Å²) in [4.78, 5) is 25.7. The normalized spacial score (nSPS) is 22.0. The third-order valence-corrected chi connectivity index (χ3v) is 3.96. The number of carbonyl (C=O) groups is 2. The van der Waals surface area contributed by atoms with E-state index in [-0.39, 0.29) is 11.9 Å². The monoisotopic (exact) mass is 291 g/mol. The van der Waals surface area contributed by atoms with Crippen molar-refractivity contribution in [2.75, 3.05) is 33.9 Å². The highest BCUT2D eigenvalue weighted by Gasteiger charge is 2.42. The molecular weight excluding hydrogens is 270 g/mol. The number of esters is 2. The molecule has 0 amide bonds. The van der Waals surface area contributed by atoms with Crippen molar-refractivity contribution in [3.05, 3.63) is 35.9 Å². The van der Waals surface area contributed by atoms with Crippen LogP contribution in [0.5, 0.6) is 0 Å². The third kappa shape index (κ3) is 3.82. The van der Waals surface area contributed by atoms with Crippen LogP contribution in [0.4, 0.5) is 0 Å². The van der Waals surface area contributed by atoms with Gasteiger partial charge in [0.15, 0.2) is 0 Å². The fourth-order valence-corrected chi connectivity index (χ4v) is 2.78. The Morgan fingerprint density at radius 3 is 2.05 bits per heavy atom. The number of carbonyl (C=O) groups excluding carboxylic acids is 2. The van der Waals surface area contributed by atoms with E-state index in [4.69, 9.17) is 9.47 Å². The molecule has 1 aromatic rings. The summed E-state index contributed by atoms with van der Waals surface area (Å²) < 4.78 is 9.59. The van der Waals surface area contributed by atoms with Crippen molar-refractivity contribution >= 4 is 11.9 Å². The zero-order valence-electron chi connectivity index (χ0n) is 12.5. The Bertz CT molecular complexity index is 464. The van der Waals surface area contributed by atoms with E-state index in [1.807, 2.05) is 18.2 Å². The Kier molecular flexibility index (Phi) is 5.33. The second-order valence-corrected chi connectivity index (χ2v) is 5.25. The van der Waals surface area contributed by atoms with Crippen LogP contribution in [0.2, 0.25) is 0 Å². The molecule has 1 saturated heterocycles. The predicted octanol–water partition coefficient (Wildman–Crippen LogP) is 1.12.